The molecule has 1 aliphatic rings. The van der Waals surface area contributed by atoms with Crippen LogP contribution in [-0.4, -0.2) is 11.9 Å². The van der Waals surface area contributed by atoms with Crippen LogP contribution < -0.4 is 9.47 Å². The van der Waals surface area contributed by atoms with Gasteiger partial charge < -0.3 is 14.6 Å². The van der Waals surface area contributed by atoms with E-state index in [1.54, 1.807) is 0 Å². The maximum atomic E-state index is 10.2. The van der Waals surface area contributed by atoms with Gasteiger partial charge in [-0.2, -0.15) is 0 Å². The third kappa shape index (κ3) is 3.18. The number of rotatable bonds is 6. The lowest BCUT2D eigenvalue weighted by atomic mass is 10.0. The fourth-order valence-corrected chi connectivity index (χ4v) is 2.69. The van der Waals surface area contributed by atoms with E-state index < -0.39 is 6.10 Å². The molecule has 1 heterocycles. The highest BCUT2D eigenvalue weighted by Crippen LogP contribution is 2.41. The maximum Gasteiger partial charge on any atom is 0.231 e. The summed E-state index contributed by atoms with van der Waals surface area (Å²) in [6, 6.07) is 3.79. The Balaban J connectivity index is 1.98. The molecular weight excluding hydrogens is 296 g/mol. The number of ether oxygens (including phenoxy) is 2. The lowest BCUT2D eigenvalue weighted by molar-refractivity contribution is 0.162. The fourth-order valence-electron chi connectivity index (χ4n) is 2.11. The van der Waals surface area contributed by atoms with E-state index >= 15 is 0 Å². The summed E-state index contributed by atoms with van der Waals surface area (Å²) < 4.78 is 11.5. The van der Waals surface area contributed by atoms with Crippen LogP contribution in [0.1, 0.15) is 50.7 Å². The summed E-state index contributed by atoms with van der Waals surface area (Å²) in [5.41, 5.74) is 0.891. The first-order valence-corrected chi connectivity index (χ1v) is 7.28. The minimum Gasteiger partial charge on any atom is -0.454 e. The van der Waals surface area contributed by atoms with E-state index in [9.17, 15) is 5.11 Å². The molecule has 0 aliphatic carbocycles. The van der Waals surface area contributed by atoms with Crippen LogP contribution >= 0.6 is 15.9 Å². The first kappa shape index (κ1) is 13.7. The predicted molar refractivity (Wildman–Crippen MR) is 74.0 cm³/mol. The molecule has 100 valence electrons. The highest BCUT2D eigenvalue weighted by atomic mass is 79.9. The predicted octanol–water partition coefficient (Wildman–Crippen LogP) is 4.18. The van der Waals surface area contributed by atoms with Gasteiger partial charge in [0.1, 0.15) is 0 Å². The SMILES string of the molecule is CCCCCCC(O)c1cc(Br)c2c(c1)OCO2. The van der Waals surface area contributed by atoms with Crippen molar-refractivity contribution in [3.8, 4) is 11.5 Å². The Morgan fingerprint density at radius 3 is 2.89 bits per heavy atom. The Labute approximate surface area is 116 Å². The molecule has 1 aromatic carbocycles. The van der Waals surface area contributed by atoms with E-state index in [1.807, 2.05) is 12.1 Å². The smallest absolute Gasteiger partial charge is 0.231 e. The second kappa shape index (κ2) is 6.43. The van der Waals surface area contributed by atoms with E-state index in [4.69, 9.17) is 9.47 Å². The molecule has 1 aliphatic heterocycles. The van der Waals surface area contributed by atoms with Crippen LogP contribution in [0.4, 0.5) is 0 Å². The van der Waals surface area contributed by atoms with Crippen molar-refractivity contribution >= 4 is 15.9 Å². The van der Waals surface area contributed by atoms with Crippen molar-refractivity contribution in [1.29, 1.82) is 0 Å². The summed E-state index contributed by atoms with van der Waals surface area (Å²) >= 11 is 3.44. The minimum atomic E-state index is -0.423. The normalized spacial score (nSPS) is 14.8. The Morgan fingerprint density at radius 1 is 1.28 bits per heavy atom. The Hall–Kier alpha value is -0.740. The Kier molecular flexibility index (Phi) is 4.89. The third-order valence-corrected chi connectivity index (χ3v) is 3.75. The summed E-state index contributed by atoms with van der Waals surface area (Å²) in [4.78, 5) is 0. The van der Waals surface area contributed by atoms with Crippen molar-refractivity contribution in [2.75, 3.05) is 6.79 Å². The molecule has 0 aromatic heterocycles. The second-order valence-electron chi connectivity index (χ2n) is 4.60. The number of aliphatic hydroxyl groups excluding tert-OH is 1. The molecule has 0 fully saturated rings. The summed E-state index contributed by atoms with van der Waals surface area (Å²) in [6.07, 6.45) is 5.06. The van der Waals surface area contributed by atoms with Gasteiger partial charge in [0.05, 0.1) is 10.6 Å². The third-order valence-electron chi connectivity index (χ3n) is 3.17. The number of aliphatic hydroxyl groups is 1. The van der Waals surface area contributed by atoms with Crippen molar-refractivity contribution < 1.29 is 14.6 Å². The number of halogens is 1. The van der Waals surface area contributed by atoms with Crippen LogP contribution in [0.15, 0.2) is 16.6 Å². The molecule has 1 unspecified atom stereocenters. The van der Waals surface area contributed by atoms with Crippen molar-refractivity contribution in [2.24, 2.45) is 0 Å². The summed E-state index contributed by atoms with van der Waals surface area (Å²) in [7, 11) is 0. The largest absolute Gasteiger partial charge is 0.454 e. The maximum absolute atomic E-state index is 10.2. The van der Waals surface area contributed by atoms with Crippen molar-refractivity contribution in [1.82, 2.24) is 0 Å². The fraction of sp³-hybridized carbons (Fsp3) is 0.571. The molecule has 0 amide bonds. The lowest BCUT2D eigenvalue weighted by Crippen LogP contribution is -1.98. The molecule has 0 bridgehead atoms. The summed E-state index contributed by atoms with van der Waals surface area (Å²) in [6.45, 7) is 2.44. The zero-order chi connectivity index (χ0) is 13.0. The highest BCUT2D eigenvalue weighted by molar-refractivity contribution is 9.10. The first-order valence-electron chi connectivity index (χ1n) is 6.49. The molecule has 4 heteroatoms. The molecule has 2 rings (SSSR count). The molecule has 1 atom stereocenters. The van der Waals surface area contributed by atoms with Crippen LogP contribution in [0, 0.1) is 0 Å². The van der Waals surface area contributed by atoms with Gasteiger partial charge in [0.15, 0.2) is 11.5 Å². The van der Waals surface area contributed by atoms with E-state index in [2.05, 4.69) is 22.9 Å². The molecule has 18 heavy (non-hydrogen) atoms. The van der Waals surface area contributed by atoms with Gasteiger partial charge in [-0.05, 0) is 40.0 Å². The topological polar surface area (TPSA) is 38.7 Å². The van der Waals surface area contributed by atoms with Gasteiger partial charge >= 0.3 is 0 Å². The molecule has 1 N–H and O–H groups in total. The van der Waals surface area contributed by atoms with Gasteiger partial charge in [0.25, 0.3) is 0 Å². The van der Waals surface area contributed by atoms with Crippen LogP contribution in [0.3, 0.4) is 0 Å². The van der Waals surface area contributed by atoms with Gasteiger partial charge in [-0.3, -0.25) is 0 Å². The number of hydrogen-bond donors (Lipinski definition) is 1. The molecule has 0 saturated carbocycles. The standard InChI is InChI=1S/C14H19BrO3/c1-2-3-4-5-6-12(16)10-7-11(15)14-13(8-10)17-9-18-14/h7-8,12,16H,2-6,9H2,1H3. The van der Waals surface area contributed by atoms with Gasteiger partial charge in [0, 0.05) is 0 Å². The number of hydrogen-bond acceptors (Lipinski definition) is 3. The summed E-state index contributed by atoms with van der Waals surface area (Å²) in [5, 5.41) is 10.2. The van der Waals surface area contributed by atoms with E-state index in [-0.39, 0.29) is 6.79 Å². The Bertz CT molecular complexity index is 406. The quantitative estimate of drug-likeness (QED) is 0.800. The summed E-state index contributed by atoms with van der Waals surface area (Å²) in [5.74, 6) is 1.45. The van der Waals surface area contributed by atoms with Crippen molar-refractivity contribution in [3.63, 3.8) is 0 Å². The van der Waals surface area contributed by atoms with Gasteiger partial charge in [-0.1, -0.05) is 32.6 Å². The average Bonchev–Trinajstić information content (AvgIpc) is 2.83. The molecule has 0 spiro atoms. The molecule has 0 saturated heterocycles. The van der Waals surface area contributed by atoms with Crippen LogP contribution in [0.25, 0.3) is 0 Å². The highest BCUT2D eigenvalue weighted by Gasteiger charge is 2.20. The monoisotopic (exact) mass is 314 g/mol. The number of fused-ring (bicyclic) bond motifs is 1. The minimum absolute atomic E-state index is 0.254. The van der Waals surface area contributed by atoms with E-state index in [0.29, 0.717) is 5.75 Å². The zero-order valence-electron chi connectivity index (χ0n) is 10.6. The van der Waals surface area contributed by atoms with Crippen molar-refractivity contribution in [3.05, 3.63) is 22.2 Å². The molecule has 3 nitrogen and oxygen atoms in total. The van der Waals surface area contributed by atoms with E-state index in [1.165, 1.54) is 19.3 Å². The van der Waals surface area contributed by atoms with Crippen LogP contribution in [-0.2, 0) is 0 Å². The second-order valence-corrected chi connectivity index (χ2v) is 5.46. The van der Waals surface area contributed by atoms with E-state index in [0.717, 1.165) is 28.6 Å². The van der Waals surface area contributed by atoms with Gasteiger partial charge in [-0.15, -0.1) is 0 Å². The van der Waals surface area contributed by atoms with Crippen LogP contribution in [0.5, 0.6) is 11.5 Å². The Morgan fingerprint density at radius 2 is 2.11 bits per heavy atom. The molecule has 1 aromatic rings. The molecule has 0 radical (unpaired) electrons. The average molecular weight is 315 g/mol. The van der Waals surface area contributed by atoms with Crippen LogP contribution in [0.2, 0.25) is 0 Å². The number of unbranched alkanes of at least 4 members (excludes halogenated alkanes) is 3. The lowest BCUT2D eigenvalue weighted by Gasteiger charge is -2.12. The van der Waals surface area contributed by atoms with Gasteiger partial charge in [-0.25, -0.2) is 0 Å². The first-order chi connectivity index (χ1) is 8.72. The number of benzene rings is 1. The zero-order valence-corrected chi connectivity index (χ0v) is 12.2. The van der Waals surface area contributed by atoms with Crippen molar-refractivity contribution in [2.45, 2.75) is 45.1 Å². The van der Waals surface area contributed by atoms with Gasteiger partial charge in [0.2, 0.25) is 6.79 Å². The molecular formula is C14H19BrO3.